The van der Waals surface area contributed by atoms with Crippen molar-refractivity contribution >= 4 is 38.1 Å². The number of benzene rings is 2. The van der Waals surface area contributed by atoms with Gasteiger partial charge in [0.25, 0.3) is 0 Å². The lowest BCUT2D eigenvalue weighted by Crippen LogP contribution is -2.27. The maximum Gasteiger partial charge on any atom is 0.0860 e. The first-order valence-electron chi connectivity index (χ1n) is 7.30. The van der Waals surface area contributed by atoms with Crippen LogP contribution in [-0.4, -0.2) is 10.7 Å². The maximum absolute atomic E-state index is 4.86. The Kier molecular flexibility index (Phi) is 2.95. The highest BCUT2D eigenvalue weighted by molar-refractivity contribution is 9.10. The zero-order chi connectivity index (χ0) is 15.3. The molecular weight excluding hydrogens is 336 g/mol. The van der Waals surface area contributed by atoms with Crippen LogP contribution in [0.2, 0.25) is 0 Å². The second-order valence-corrected chi connectivity index (χ2v) is 7.08. The summed E-state index contributed by atoms with van der Waals surface area (Å²) in [6.45, 7) is 4.42. The lowest BCUT2D eigenvalue weighted by Gasteiger charge is -2.22. The van der Waals surface area contributed by atoms with Crippen molar-refractivity contribution in [2.75, 3.05) is 0 Å². The van der Waals surface area contributed by atoms with Gasteiger partial charge in [-0.15, -0.1) is 0 Å². The van der Waals surface area contributed by atoms with Crippen molar-refractivity contribution in [2.24, 2.45) is 4.99 Å². The van der Waals surface area contributed by atoms with Gasteiger partial charge in [0.05, 0.1) is 17.1 Å². The van der Waals surface area contributed by atoms with Crippen molar-refractivity contribution in [3.63, 3.8) is 0 Å². The summed E-state index contributed by atoms with van der Waals surface area (Å²) in [6.07, 6.45) is 1.93. The second kappa shape index (κ2) is 4.75. The van der Waals surface area contributed by atoms with Crippen molar-refractivity contribution in [1.29, 1.82) is 0 Å². The maximum atomic E-state index is 4.86. The molecule has 0 saturated carbocycles. The van der Waals surface area contributed by atoms with Crippen molar-refractivity contribution in [3.8, 4) is 0 Å². The van der Waals surface area contributed by atoms with Gasteiger partial charge in [-0.25, -0.2) is 4.99 Å². The summed E-state index contributed by atoms with van der Waals surface area (Å²) in [4.78, 5) is 9.50. The molecule has 22 heavy (non-hydrogen) atoms. The Balaban J connectivity index is 1.89. The van der Waals surface area contributed by atoms with Crippen LogP contribution in [0, 0.1) is 0 Å². The Morgan fingerprint density at radius 3 is 2.55 bits per heavy atom. The van der Waals surface area contributed by atoms with Gasteiger partial charge in [-0.1, -0.05) is 40.2 Å². The van der Waals surface area contributed by atoms with Crippen molar-refractivity contribution in [1.82, 2.24) is 4.98 Å². The number of nitrogens with zero attached hydrogens (tertiary/aromatic N) is 2. The summed E-state index contributed by atoms with van der Waals surface area (Å²) in [6, 6.07) is 16.7. The van der Waals surface area contributed by atoms with Crippen molar-refractivity contribution < 1.29 is 0 Å². The summed E-state index contributed by atoms with van der Waals surface area (Å²) in [5.41, 5.74) is 4.13. The van der Waals surface area contributed by atoms with Gasteiger partial charge in [0.1, 0.15) is 0 Å². The molecule has 0 saturated heterocycles. The first-order chi connectivity index (χ1) is 10.6. The van der Waals surface area contributed by atoms with Crippen LogP contribution in [0.3, 0.4) is 0 Å². The Bertz CT molecular complexity index is 926. The second-order valence-electron chi connectivity index (χ2n) is 6.16. The van der Waals surface area contributed by atoms with Gasteiger partial charge in [-0.3, -0.25) is 4.98 Å². The van der Waals surface area contributed by atoms with Gasteiger partial charge in [-0.2, -0.15) is 0 Å². The third-order valence-corrected chi connectivity index (χ3v) is 4.82. The van der Waals surface area contributed by atoms with Crippen LogP contribution in [0.15, 0.2) is 64.2 Å². The van der Waals surface area contributed by atoms with E-state index in [-0.39, 0.29) is 5.41 Å². The summed E-state index contributed by atoms with van der Waals surface area (Å²) >= 11 is 3.56. The van der Waals surface area contributed by atoms with Gasteiger partial charge < -0.3 is 0 Å². The predicted molar refractivity (Wildman–Crippen MR) is 95.1 cm³/mol. The highest BCUT2D eigenvalue weighted by Crippen LogP contribution is 2.42. The van der Waals surface area contributed by atoms with Crippen LogP contribution >= 0.6 is 15.9 Å². The molecule has 0 aliphatic carbocycles. The quantitative estimate of drug-likeness (QED) is 0.575. The van der Waals surface area contributed by atoms with Gasteiger partial charge in [0.15, 0.2) is 0 Å². The molecule has 0 spiro atoms. The average Bonchev–Trinajstić information content (AvgIpc) is 2.78. The molecular formula is C19H15BrN2. The molecule has 108 valence electrons. The minimum absolute atomic E-state index is 0.144. The summed E-state index contributed by atoms with van der Waals surface area (Å²) in [7, 11) is 0. The summed E-state index contributed by atoms with van der Waals surface area (Å²) in [5, 5.41) is 2.35. The Morgan fingerprint density at radius 2 is 1.73 bits per heavy atom. The zero-order valence-electron chi connectivity index (χ0n) is 12.5. The van der Waals surface area contributed by atoms with E-state index in [1.54, 1.807) is 0 Å². The minimum Gasteiger partial charge on any atom is -0.254 e. The number of hydrogen-bond acceptors (Lipinski definition) is 2. The van der Waals surface area contributed by atoms with Crippen LogP contribution < -0.4 is 0 Å². The zero-order valence-corrected chi connectivity index (χ0v) is 14.1. The van der Waals surface area contributed by atoms with Gasteiger partial charge in [0.2, 0.25) is 0 Å². The number of hydrogen-bond donors (Lipinski definition) is 0. The molecule has 0 N–H and O–H groups in total. The number of aliphatic imine (C=N–C) groups is 1. The smallest absolute Gasteiger partial charge is 0.0860 e. The molecule has 0 bridgehead atoms. The number of fused-ring (bicyclic) bond motifs is 2. The molecule has 0 atom stereocenters. The number of pyridine rings is 1. The van der Waals surface area contributed by atoms with Crippen LogP contribution in [-0.2, 0) is 5.41 Å². The molecule has 0 amide bonds. The largest absolute Gasteiger partial charge is 0.254 e. The molecule has 2 nitrogen and oxygen atoms in total. The first-order valence-corrected chi connectivity index (χ1v) is 8.09. The molecule has 1 aromatic heterocycles. The Hall–Kier alpha value is -2.00. The molecule has 3 aromatic rings. The van der Waals surface area contributed by atoms with Gasteiger partial charge in [-0.05, 0) is 49.1 Å². The molecule has 2 aromatic carbocycles. The van der Waals surface area contributed by atoms with E-state index in [1.165, 1.54) is 10.9 Å². The van der Waals surface area contributed by atoms with E-state index in [2.05, 4.69) is 71.2 Å². The summed E-state index contributed by atoms with van der Waals surface area (Å²) in [5.74, 6) is 0. The van der Waals surface area contributed by atoms with E-state index in [1.807, 2.05) is 18.3 Å². The van der Waals surface area contributed by atoms with E-state index >= 15 is 0 Å². The lowest BCUT2D eigenvalue weighted by atomic mass is 9.80. The standard InChI is InChI=1S/C19H15BrN2/c1-19(2)15-10-14(20)7-8-16(15)22-18(19)17-9-12-5-3-4-6-13(12)11-21-17/h3-11H,1-2H3. The van der Waals surface area contributed by atoms with Crippen LogP contribution in [0.5, 0.6) is 0 Å². The molecule has 3 heteroatoms. The fourth-order valence-electron chi connectivity index (χ4n) is 3.08. The number of halogens is 1. The van der Waals surface area contributed by atoms with E-state index in [4.69, 9.17) is 4.99 Å². The molecule has 0 unspecified atom stereocenters. The topological polar surface area (TPSA) is 25.2 Å². The monoisotopic (exact) mass is 350 g/mol. The van der Waals surface area contributed by atoms with E-state index in [9.17, 15) is 0 Å². The van der Waals surface area contributed by atoms with Gasteiger partial charge in [0, 0.05) is 21.5 Å². The third-order valence-electron chi connectivity index (χ3n) is 4.33. The van der Waals surface area contributed by atoms with Crippen molar-refractivity contribution in [2.45, 2.75) is 19.3 Å². The summed E-state index contributed by atoms with van der Waals surface area (Å²) < 4.78 is 1.09. The highest BCUT2D eigenvalue weighted by atomic mass is 79.9. The normalized spacial score (nSPS) is 15.7. The Labute approximate surface area is 138 Å². The van der Waals surface area contributed by atoms with Crippen molar-refractivity contribution in [3.05, 3.63) is 70.5 Å². The van der Waals surface area contributed by atoms with Crippen LogP contribution in [0.4, 0.5) is 5.69 Å². The number of rotatable bonds is 1. The van der Waals surface area contributed by atoms with E-state index < -0.39 is 0 Å². The Morgan fingerprint density at radius 1 is 0.955 bits per heavy atom. The minimum atomic E-state index is -0.144. The van der Waals surface area contributed by atoms with Crippen LogP contribution in [0.25, 0.3) is 10.8 Å². The van der Waals surface area contributed by atoms with Crippen LogP contribution in [0.1, 0.15) is 25.1 Å². The molecule has 2 heterocycles. The molecule has 4 rings (SSSR count). The predicted octanol–water partition coefficient (Wildman–Crippen LogP) is 5.41. The van der Waals surface area contributed by atoms with Gasteiger partial charge >= 0.3 is 0 Å². The SMILES string of the molecule is CC1(C)C(c2cc3ccccc3cn2)=Nc2ccc(Br)cc21. The lowest BCUT2D eigenvalue weighted by molar-refractivity contribution is 0.734. The first kappa shape index (κ1) is 13.6. The fraction of sp³-hybridized carbons (Fsp3) is 0.158. The van der Waals surface area contributed by atoms with E-state index in [0.717, 1.165) is 27.0 Å². The fourth-order valence-corrected chi connectivity index (χ4v) is 3.45. The molecule has 1 aliphatic heterocycles. The molecule has 1 aliphatic rings. The van der Waals surface area contributed by atoms with E-state index in [0.29, 0.717) is 0 Å². The highest BCUT2D eigenvalue weighted by Gasteiger charge is 2.36. The molecule has 0 radical (unpaired) electrons. The number of aromatic nitrogens is 1. The molecule has 0 fully saturated rings. The third kappa shape index (κ3) is 2.00. The average molecular weight is 351 g/mol.